The molecule has 2 aliphatic rings. The van der Waals surface area contributed by atoms with Crippen molar-refractivity contribution in [2.24, 2.45) is 0 Å². The monoisotopic (exact) mass is 513 g/mol. The van der Waals surface area contributed by atoms with Crippen molar-refractivity contribution in [1.82, 2.24) is 10.2 Å². The second-order valence-electron chi connectivity index (χ2n) is 8.79. The molecule has 0 aliphatic carbocycles. The molecule has 0 bridgehead atoms. The van der Waals surface area contributed by atoms with E-state index in [0.29, 0.717) is 23.2 Å². The number of anilines is 2. The SMILES string of the molecule is CC(CN1CCCC1)N1c2ccccc2Sc2ccc(C(=O)NCc3cccc(Cl)c3)cc21.Cl. The van der Waals surface area contributed by atoms with Gasteiger partial charge in [-0.05, 0) is 80.9 Å². The molecule has 0 saturated carbocycles. The standard InChI is InChI=1S/C27H28ClN3OS.ClH/c1-19(18-30-13-4-5-14-30)31-23-9-2-3-10-25(23)33-26-12-11-21(16-24(26)31)27(32)29-17-20-7-6-8-22(28)15-20;/h2-3,6-12,15-16,19H,4-5,13-14,17-18H2,1H3,(H,29,32);1H. The van der Waals surface area contributed by atoms with Crippen LogP contribution in [0, 0.1) is 0 Å². The highest BCUT2D eigenvalue weighted by Crippen LogP contribution is 2.49. The highest BCUT2D eigenvalue weighted by molar-refractivity contribution is 7.99. The lowest BCUT2D eigenvalue weighted by Gasteiger charge is -2.39. The molecule has 3 aromatic carbocycles. The Kier molecular flexibility index (Phi) is 8.10. The summed E-state index contributed by atoms with van der Waals surface area (Å²) in [5.74, 6) is -0.0752. The number of fused-ring (bicyclic) bond motifs is 2. The molecule has 0 radical (unpaired) electrons. The predicted octanol–water partition coefficient (Wildman–Crippen LogP) is 6.78. The van der Waals surface area contributed by atoms with Gasteiger partial charge in [-0.2, -0.15) is 0 Å². The Hall–Kier alpha value is -2.18. The van der Waals surface area contributed by atoms with Gasteiger partial charge in [0.1, 0.15) is 0 Å². The summed E-state index contributed by atoms with van der Waals surface area (Å²) in [4.78, 5) is 20.4. The fourth-order valence-corrected chi connectivity index (χ4v) is 6.02. The number of carbonyl (C=O) groups excluding carboxylic acids is 1. The number of hydrogen-bond donors (Lipinski definition) is 1. The summed E-state index contributed by atoms with van der Waals surface area (Å²) < 4.78 is 0. The number of benzene rings is 3. The number of carbonyl (C=O) groups is 1. The van der Waals surface area contributed by atoms with Crippen LogP contribution < -0.4 is 10.2 Å². The summed E-state index contributed by atoms with van der Waals surface area (Å²) in [7, 11) is 0. The molecule has 2 heterocycles. The van der Waals surface area contributed by atoms with Gasteiger partial charge in [0, 0.05) is 39.5 Å². The summed E-state index contributed by atoms with van der Waals surface area (Å²) in [5, 5.41) is 3.71. The number of para-hydroxylation sites is 1. The third-order valence-corrected chi connectivity index (χ3v) is 7.69. The molecular formula is C27H29Cl2N3OS. The normalized spacial score (nSPS) is 15.8. The molecular weight excluding hydrogens is 485 g/mol. The minimum absolute atomic E-state index is 0. The van der Waals surface area contributed by atoms with E-state index in [1.165, 1.54) is 41.4 Å². The minimum Gasteiger partial charge on any atom is -0.348 e. The van der Waals surface area contributed by atoms with Gasteiger partial charge in [0.15, 0.2) is 0 Å². The molecule has 1 saturated heterocycles. The summed E-state index contributed by atoms with van der Waals surface area (Å²) in [6, 6.07) is 22.5. The fourth-order valence-electron chi connectivity index (χ4n) is 4.75. The Labute approximate surface area is 217 Å². The van der Waals surface area contributed by atoms with Gasteiger partial charge in [-0.1, -0.05) is 47.6 Å². The molecule has 1 fully saturated rings. The number of halogens is 2. The van der Waals surface area contributed by atoms with Crippen LogP contribution in [0.4, 0.5) is 11.4 Å². The van der Waals surface area contributed by atoms with Crippen LogP contribution in [-0.4, -0.2) is 36.5 Å². The number of nitrogens with one attached hydrogen (secondary N) is 1. The van der Waals surface area contributed by atoms with Gasteiger partial charge < -0.3 is 15.1 Å². The van der Waals surface area contributed by atoms with Crippen LogP contribution in [0.2, 0.25) is 5.02 Å². The maximum atomic E-state index is 13.0. The first-order valence-electron chi connectivity index (χ1n) is 11.5. The third kappa shape index (κ3) is 5.38. The van der Waals surface area contributed by atoms with Crippen molar-refractivity contribution in [3.05, 3.63) is 82.9 Å². The predicted molar refractivity (Wildman–Crippen MR) is 144 cm³/mol. The lowest BCUT2D eigenvalue weighted by Crippen LogP contribution is -2.40. The van der Waals surface area contributed by atoms with Crippen molar-refractivity contribution in [3.63, 3.8) is 0 Å². The van der Waals surface area contributed by atoms with Crippen molar-refractivity contribution >= 4 is 53.1 Å². The van der Waals surface area contributed by atoms with Crippen LogP contribution in [-0.2, 0) is 6.54 Å². The van der Waals surface area contributed by atoms with Crippen LogP contribution in [0.3, 0.4) is 0 Å². The first-order chi connectivity index (χ1) is 16.1. The van der Waals surface area contributed by atoms with E-state index in [-0.39, 0.29) is 18.3 Å². The number of likely N-dealkylation sites (tertiary alicyclic amines) is 1. The Morgan fingerprint density at radius 2 is 1.76 bits per heavy atom. The lowest BCUT2D eigenvalue weighted by atomic mass is 10.1. The summed E-state index contributed by atoms with van der Waals surface area (Å²) in [5.41, 5.74) is 3.99. The zero-order valence-electron chi connectivity index (χ0n) is 19.2. The first-order valence-corrected chi connectivity index (χ1v) is 12.7. The summed E-state index contributed by atoms with van der Waals surface area (Å²) >= 11 is 7.86. The molecule has 1 unspecified atom stereocenters. The van der Waals surface area contributed by atoms with Gasteiger partial charge in [0.05, 0.1) is 11.4 Å². The van der Waals surface area contributed by atoms with Crippen LogP contribution >= 0.6 is 35.8 Å². The lowest BCUT2D eigenvalue weighted by molar-refractivity contribution is 0.0951. The molecule has 0 aromatic heterocycles. The quantitative estimate of drug-likeness (QED) is 0.394. The zero-order valence-corrected chi connectivity index (χ0v) is 21.6. The molecule has 2 aliphatic heterocycles. The van der Waals surface area contributed by atoms with Gasteiger partial charge in [-0.3, -0.25) is 4.79 Å². The largest absolute Gasteiger partial charge is 0.348 e. The second kappa shape index (κ2) is 11.0. The highest BCUT2D eigenvalue weighted by atomic mass is 35.5. The van der Waals surface area contributed by atoms with E-state index < -0.39 is 0 Å². The molecule has 178 valence electrons. The van der Waals surface area contributed by atoms with E-state index in [0.717, 1.165) is 17.8 Å². The average Bonchev–Trinajstić information content (AvgIpc) is 3.33. The van der Waals surface area contributed by atoms with Crippen LogP contribution in [0.25, 0.3) is 0 Å². The Balaban J connectivity index is 0.00000274. The van der Waals surface area contributed by atoms with Crippen molar-refractivity contribution in [2.75, 3.05) is 24.5 Å². The Bertz CT molecular complexity index is 1170. The van der Waals surface area contributed by atoms with Crippen LogP contribution in [0.5, 0.6) is 0 Å². The maximum Gasteiger partial charge on any atom is 0.251 e. The molecule has 1 atom stereocenters. The van der Waals surface area contributed by atoms with Crippen LogP contribution in [0.15, 0.2) is 76.5 Å². The van der Waals surface area contributed by atoms with Gasteiger partial charge in [-0.25, -0.2) is 0 Å². The van der Waals surface area contributed by atoms with Gasteiger partial charge in [0.25, 0.3) is 5.91 Å². The topological polar surface area (TPSA) is 35.6 Å². The summed E-state index contributed by atoms with van der Waals surface area (Å²) in [6.45, 7) is 6.11. The first kappa shape index (κ1) is 24.9. The third-order valence-electron chi connectivity index (χ3n) is 6.33. The van der Waals surface area contributed by atoms with E-state index in [1.54, 1.807) is 11.8 Å². The van der Waals surface area contributed by atoms with Crippen molar-refractivity contribution in [2.45, 2.75) is 42.1 Å². The number of amides is 1. The second-order valence-corrected chi connectivity index (χ2v) is 10.3. The van der Waals surface area contributed by atoms with Gasteiger partial charge in [-0.15, -0.1) is 12.4 Å². The van der Waals surface area contributed by atoms with E-state index >= 15 is 0 Å². The molecule has 4 nitrogen and oxygen atoms in total. The molecule has 5 rings (SSSR count). The summed E-state index contributed by atoms with van der Waals surface area (Å²) in [6.07, 6.45) is 2.57. The Morgan fingerprint density at radius 1 is 1.00 bits per heavy atom. The number of hydrogen-bond acceptors (Lipinski definition) is 4. The molecule has 34 heavy (non-hydrogen) atoms. The maximum absolute atomic E-state index is 13.0. The van der Waals surface area contributed by atoms with E-state index in [2.05, 4.69) is 52.4 Å². The van der Waals surface area contributed by atoms with Gasteiger partial charge >= 0.3 is 0 Å². The van der Waals surface area contributed by atoms with E-state index in [9.17, 15) is 4.79 Å². The molecule has 7 heteroatoms. The van der Waals surface area contributed by atoms with E-state index in [4.69, 9.17) is 11.6 Å². The van der Waals surface area contributed by atoms with Crippen molar-refractivity contribution in [3.8, 4) is 0 Å². The smallest absolute Gasteiger partial charge is 0.251 e. The highest BCUT2D eigenvalue weighted by Gasteiger charge is 2.29. The minimum atomic E-state index is -0.0752. The van der Waals surface area contributed by atoms with Crippen molar-refractivity contribution < 1.29 is 4.79 Å². The van der Waals surface area contributed by atoms with E-state index in [1.807, 2.05) is 36.4 Å². The van der Waals surface area contributed by atoms with Crippen molar-refractivity contribution in [1.29, 1.82) is 0 Å². The number of rotatable bonds is 6. The molecule has 3 aromatic rings. The molecule has 0 spiro atoms. The molecule has 1 N–H and O–H groups in total. The average molecular weight is 515 g/mol. The zero-order chi connectivity index (χ0) is 22.8. The van der Waals surface area contributed by atoms with Crippen LogP contribution in [0.1, 0.15) is 35.7 Å². The Morgan fingerprint density at radius 3 is 2.56 bits per heavy atom. The fraction of sp³-hybridized carbons (Fsp3) is 0.296. The van der Waals surface area contributed by atoms with Gasteiger partial charge in [0.2, 0.25) is 0 Å². The number of nitrogens with zero attached hydrogens (tertiary/aromatic N) is 2. The molecule has 1 amide bonds.